The molecule has 5 aromatic rings. The van der Waals surface area contributed by atoms with Gasteiger partial charge in [-0.3, -0.25) is 0 Å². The molecule has 0 unspecified atom stereocenters. The number of rotatable bonds is 18. The summed E-state index contributed by atoms with van der Waals surface area (Å²) in [6, 6.07) is 12.3. The summed E-state index contributed by atoms with van der Waals surface area (Å²) in [5.41, 5.74) is 2.34. The summed E-state index contributed by atoms with van der Waals surface area (Å²) in [4.78, 5) is 29.1. The number of hydrogen-bond donors (Lipinski definition) is 0. The minimum absolute atomic E-state index is 0.232. The highest BCUT2D eigenvalue weighted by Crippen LogP contribution is 2.50. The molecule has 4 aromatic heterocycles. The summed E-state index contributed by atoms with van der Waals surface area (Å²) in [7, 11) is 0. The average molecular weight is 667 g/mol. The minimum atomic E-state index is -0.232. The molecule has 1 aromatic carbocycles. The van der Waals surface area contributed by atoms with E-state index >= 15 is 0 Å². The predicted octanol–water partition coefficient (Wildman–Crippen LogP) is 12.6. The third-order valence-corrected chi connectivity index (χ3v) is 11.9. The fourth-order valence-corrected chi connectivity index (χ4v) is 9.54. The van der Waals surface area contributed by atoms with Crippen LogP contribution in [0.25, 0.3) is 41.1 Å². The Bertz CT molecular complexity index is 1480. The van der Waals surface area contributed by atoms with Crippen molar-refractivity contribution in [1.29, 1.82) is 0 Å². The van der Waals surface area contributed by atoms with Gasteiger partial charge < -0.3 is 9.47 Å². The van der Waals surface area contributed by atoms with Gasteiger partial charge in [-0.15, -0.1) is 45.3 Å². The summed E-state index contributed by atoms with van der Waals surface area (Å²) in [5, 5.41) is 6.62. The van der Waals surface area contributed by atoms with Crippen molar-refractivity contribution in [1.82, 2.24) is 0 Å². The van der Waals surface area contributed by atoms with Gasteiger partial charge in [0, 0.05) is 41.1 Å². The molecule has 0 aliphatic heterocycles. The number of esters is 2. The van der Waals surface area contributed by atoms with Crippen LogP contribution in [0, 0.1) is 0 Å². The maximum absolute atomic E-state index is 12.8. The molecular weight excluding hydrogens is 625 g/mol. The van der Waals surface area contributed by atoms with Crippen molar-refractivity contribution in [3.05, 3.63) is 56.9 Å². The zero-order valence-corrected chi connectivity index (χ0v) is 29.1. The molecular formula is C36H42O4S4. The molecule has 0 amide bonds. The minimum Gasteiger partial charge on any atom is -0.462 e. The van der Waals surface area contributed by atoms with Gasteiger partial charge in [0.2, 0.25) is 0 Å². The fraction of sp³-hybridized carbons (Fsp3) is 0.444. The van der Waals surface area contributed by atoms with Gasteiger partial charge in [0.1, 0.15) is 9.75 Å². The van der Waals surface area contributed by atoms with Crippen molar-refractivity contribution >= 4 is 77.5 Å². The van der Waals surface area contributed by atoms with Gasteiger partial charge in [-0.2, -0.15) is 0 Å². The van der Waals surface area contributed by atoms with Crippen LogP contribution in [-0.4, -0.2) is 25.2 Å². The average Bonchev–Trinajstić information content (AvgIpc) is 3.86. The Morgan fingerprint density at radius 2 is 0.955 bits per heavy atom. The smallest absolute Gasteiger partial charge is 0.348 e. The second-order valence-corrected chi connectivity index (χ2v) is 15.2. The van der Waals surface area contributed by atoms with E-state index in [-0.39, 0.29) is 11.9 Å². The first-order chi connectivity index (χ1) is 21.6. The molecule has 0 spiro atoms. The fourth-order valence-electron chi connectivity index (χ4n) is 5.53. The Labute approximate surface area is 277 Å². The maximum atomic E-state index is 12.8. The lowest BCUT2D eigenvalue weighted by molar-refractivity contribution is 0.0494. The molecule has 4 heterocycles. The van der Waals surface area contributed by atoms with E-state index in [2.05, 4.69) is 48.9 Å². The van der Waals surface area contributed by atoms with E-state index < -0.39 is 0 Å². The number of carbonyl (C=O) groups is 2. The van der Waals surface area contributed by atoms with Crippen molar-refractivity contribution < 1.29 is 19.1 Å². The molecule has 234 valence electrons. The predicted molar refractivity (Wildman–Crippen MR) is 191 cm³/mol. The van der Waals surface area contributed by atoms with Crippen molar-refractivity contribution in [3.8, 4) is 20.9 Å². The van der Waals surface area contributed by atoms with E-state index in [1.165, 1.54) is 105 Å². The van der Waals surface area contributed by atoms with Crippen LogP contribution < -0.4 is 0 Å². The molecule has 4 nitrogen and oxygen atoms in total. The Kier molecular flexibility index (Phi) is 12.5. The van der Waals surface area contributed by atoms with E-state index in [1.54, 1.807) is 22.7 Å². The van der Waals surface area contributed by atoms with E-state index in [4.69, 9.17) is 9.47 Å². The number of unbranched alkanes of at least 4 members (excludes halogenated alkanes) is 10. The van der Waals surface area contributed by atoms with Gasteiger partial charge in [0.15, 0.2) is 0 Å². The number of benzene rings is 1. The van der Waals surface area contributed by atoms with Gasteiger partial charge in [-0.25, -0.2) is 9.59 Å². The van der Waals surface area contributed by atoms with E-state index in [0.717, 1.165) is 35.4 Å². The third kappa shape index (κ3) is 8.00. The van der Waals surface area contributed by atoms with Gasteiger partial charge >= 0.3 is 11.9 Å². The molecule has 0 bridgehead atoms. The SMILES string of the molecule is CCCCCCCCOC(=O)c1ccc(-c2c3ccsc3c(-c3ccc(C(=O)OCCCCCCCC)s3)c3ccsc23)s1. The second-order valence-electron chi connectivity index (χ2n) is 11.2. The highest BCUT2D eigenvalue weighted by molar-refractivity contribution is 7.23. The number of hydrogen-bond acceptors (Lipinski definition) is 8. The van der Waals surface area contributed by atoms with Crippen molar-refractivity contribution in [3.63, 3.8) is 0 Å². The Balaban J connectivity index is 1.30. The molecule has 0 saturated heterocycles. The molecule has 0 atom stereocenters. The van der Waals surface area contributed by atoms with Gasteiger partial charge in [0.25, 0.3) is 0 Å². The molecule has 0 aliphatic rings. The Morgan fingerprint density at radius 1 is 0.545 bits per heavy atom. The van der Waals surface area contributed by atoms with Crippen LogP contribution in [0.2, 0.25) is 0 Å². The topological polar surface area (TPSA) is 52.6 Å². The normalized spacial score (nSPS) is 11.5. The van der Waals surface area contributed by atoms with E-state index in [0.29, 0.717) is 23.0 Å². The molecule has 5 rings (SSSR count). The summed E-state index contributed by atoms with van der Waals surface area (Å²) < 4.78 is 13.6. The third-order valence-electron chi connectivity index (χ3n) is 7.89. The zero-order valence-electron chi connectivity index (χ0n) is 25.8. The van der Waals surface area contributed by atoms with Crippen molar-refractivity contribution in [2.45, 2.75) is 90.9 Å². The lowest BCUT2D eigenvalue weighted by Gasteiger charge is -2.10. The lowest BCUT2D eigenvalue weighted by Crippen LogP contribution is -2.04. The van der Waals surface area contributed by atoms with Crippen LogP contribution in [0.15, 0.2) is 47.2 Å². The number of carbonyl (C=O) groups excluding carboxylic acids is 2. The van der Waals surface area contributed by atoms with Crippen molar-refractivity contribution in [2.24, 2.45) is 0 Å². The summed E-state index contributed by atoms with van der Waals surface area (Å²) in [6.45, 7) is 5.39. The van der Waals surface area contributed by atoms with Crippen LogP contribution in [-0.2, 0) is 9.47 Å². The van der Waals surface area contributed by atoms with E-state index in [9.17, 15) is 9.59 Å². The quantitative estimate of drug-likeness (QED) is 0.0690. The van der Waals surface area contributed by atoms with Crippen LogP contribution in [0.4, 0.5) is 0 Å². The van der Waals surface area contributed by atoms with Crippen LogP contribution in [0.1, 0.15) is 110 Å². The summed E-state index contributed by atoms with van der Waals surface area (Å²) in [6.07, 6.45) is 14.0. The standard InChI is InChI=1S/C36H42O4S4/c1-3-5-7-9-11-13-21-39-35(37)29-17-15-27(43-29)31-25-19-23-42-34(25)32(26-20-24-41-33(26)31)28-16-18-30(44-28)36(38)40-22-14-12-10-8-6-4-2/h15-20,23-24H,3-14,21-22H2,1-2H3. The summed E-state index contributed by atoms with van der Waals surface area (Å²) in [5.74, 6) is -0.463. The second kappa shape index (κ2) is 16.7. The number of fused-ring (bicyclic) bond motifs is 2. The first kappa shape index (κ1) is 32.9. The lowest BCUT2D eigenvalue weighted by atomic mass is 10.0. The maximum Gasteiger partial charge on any atom is 0.348 e. The Morgan fingerprint density at radius 3 is 1.39 bits per heavy atom. The molecule has 0 N–H and O–H groups in total. The Hall–Kier alpha value is -2.52. The zero-order chi connectivity index (χ0) is 30.7. The van der Waals surface area contributed by atoms with Crippen LogP contribution in [0.5, 0.6) is 0 Å². The monoisotopic (exact) mass is 666 g/mol. The highest BCUT2D eigenvalue weighted by atomic mass is 32.1. The van der Waals surface area contributed by atoms with Crippen LogP contribution >= 0.6 is 45.3 Å². The van der Waals surface area contributed by atoms with E-state index in [1.807, 2.05) is 12.1 Å². The molecule has 0 aliphatic carbocycles. The first-order valence-corrected chi connectivity index (χ1v) is 19.5. The molecule has 0 fully saturated rings. The molecule has 0 saturated carbocycles. The van der Waals surface area contributed by atoms with Crippen molar-refractivity contribution in [2.75, 3.05) is 13.2 Å². The highest BCUT2D eigenvalue weighted by Gasteiger charge is 2.22. The van der Waals surface area contributed by atoms with Gasteiger partial charge in [-0.05, 0) is 60.0 Å². The molecule has 0 radical (unpaired) electrons. The molecule has 44 heavy (non-hydrogen) atoms. The number of thiophene rings is 4. The van der Waals surface area contributed by atoms with Crippen LogP contribution in [0.3, 0.4) is 0 Å². The largest absolute Gasteiger partial charge is 0.462 e. The number of ether oxygens (including phenoxy) is 2. The summed E-state index contributed by atoms with van der Waals surface area (Å²) >= 11 is 6.46. The van der Waals surface area contributed by atoms with Gasteiger partial charge in [-0.1, -0.05) is 78.1 Å². The molecule has 8 heteroatoms. The van der Waals surface area contributed by atoms with Gasteiger partial charge in [0.05, 0.1) is 13.2 Å². The first-order valence-electron chi connectivity index (χ1n) is 16.1.